The van der Waals surface area contributed by atoms with E-state index in [1.165, 1.54) is 25.7 Å². The molecule has 2 fully saturated rings. The molecule has 2 aromatic heterocycles. The van der Waals surface area contributed by atoms with E-state index in [2.05, 4.69) is 59.5 Å². The van der Waals surface area contributed by atoms with Gasteiger partial charge in [-0.3, -0.25) is 0 Å². The van der Waals surface area contributed by atoms with Crippen LogP contribution < -0.4 is 15.1 Å². The number of nitrogens with zero attached hydrogens (tertiary/aromatic N) is 6. The molecule has 0 spiro atoms. The maximum atomic E-state index is 5.42. The number of hydrogen-bond donors (Lipinski definition) is 1. The van der Waals surface area contributed by atoms with Gasteiger partial charge in [0.15, 0.2) is 5.82 Å². The third kappa shape index (κ3) is 4.96. The second-order valence-corrected chi connectivity index (χ2v) is 8.24. The van der Waals surface area contributed by atoms with Crippen LogP contribution in [0.4, 0.5) is 23.1 Å². The van der Waals surface area contributed by atoms with E-state index in [-0.39, 0.29) is 0 Å². The summed E-state index contributed by atoms with van der Waals surface area (Å²) in [5.74, 6) is 2.67. The van der Waals surface area contributed by atoms with E-state index in [4.69, 9.17) is 4.74 Å². The Hall–Kier alpha value is -3.26. The second kappa shape index (κ2) is 9.91. The van der Waals surface area contributed by atoms with Crippen LogP contribution in [0, 0.1) is 0 Å². The summed E-state index contributed by atoms with van der Waals surface area (Å²) in [5.41, 5.74) is 2.89. The highest BCUT2D eigenvalue weighted by Crippen LogP contribution is 2.24. The minimum absolute atomic E-state index is 0.732. The molecular formula is C24H29N7O. The van der Waals surface area contributed by atoms with Gasteiger partial charge in [0, 0.05) is 43.5 Å². The number of anilines is 4. The maximum Gasteiger partial charge on any atom is 0.151 e. The number of aromatic nitrogens is 4. The summed E-state index contributed by atoms with van der Waals surface area (Å²) < 4.78 is 5.42. The van der Waals surface area contributed by atoms with Gasteiger partial charge in [0.25, 0.3) is 0 Å². The normalized spacial score (nSPS) is 17.1. The summed E-state index contributed by atoms with van der Waals surface area (Å²) in [7, 11) is 0. The summed E-state index contributed by atoms with van der Waals surface area (Å²) >= 11 is 0. The summed E-state index contributed by atoms with van der Waals surface area (Å²) in [4.78, 5) is 13.3. The van der Waals surface area contributed by atoms with Crippen molar-refractivity contribution in [2.75, 3.05) is 54.5 Å². The van der Waals surface area contributed by atoms with Crippen LogP contribution in [0.15, 0.2) is 48.8 Å². The molecule has 5 rings (SSSR count). The first-order valence-electron chi connectivity index (χ1n) is 11.5. The zero-order valence-electron chi connectivity index (χ0n) is 18.3. The maximum absolute atomic E-state index is 5.42. The van der Waals surface area contributed by atoms with E-state index < -0.39 is 0 Å². The minimum Gasteiger partial charge on any atom is -0.378 e. The van der Waals surface area contributed by atoms with Crippen molar-refractivity contribution < 1.29 is 4.74 Å². The second-order valence-electron chi connectivity index (χ2n) is 8.24. The summed E-state index contributed by atoms with van der Waals surface area (Å²) in [6, 6.07) is 14.3. The fraction of sp³-hybridized carbons (Fsp3) is 0.417. The summed E-state index contributed by atoms with van der Waals surface area (Å²) in [6.07, 6.45) is 6.69. The van der Waals surface area contributed by atoms with Gasteiger partial charge in [-0.2, -0.15) is 0 Å². The molecule has 0 atom stereocenters. The van der Waals surface area contributed by atoms with Gasteiger partial charge in [-0.25, -0.2) is 9.97 Å². The number of ether oxygens (including phenoxy) is 1. The molecule has 0 bridgehead atoms. The number of morpholine rings is 1. The Kier molecular flexibility index (Phi) is 6.39. The smallest absolute Gasteiger partial charge is 0.151 e. The number of rotatable bonds is 5. The molecule has 4 heterocycles. The molecule has 3 aromatic rings. The Morgan fingerprint density at radius 3 is 2.19 bits per heavy atom. The Labute approximate surface area is 188 Å². The van der Waals surface area contributed by atoms with Crippen LogP contribution in [0.2, 0.25) is 0 Å². The fourth-order valence-electron chi connectivity index (χ4n) is 4.20. The molecule has 2 aliphatic rings. The predicted octanol–water partition coefficient (Wildman–Crippen LogP) is 3.89. The lowest BCUT2D eigenvalue weighted by Gasteiger charge is -2.27. The number of hydrogen-bond acceptors (Lipinski definition) is 8. The molecule has 0 saturated carbocycles. The Morgan fingerprint density at radius 1 is 0.719 bits per heavy atom. The van der Waals surface area contributed by atoms with Crippen molar-refractivity contribution in [3.05, 3.63) is 48.8 Å². The van der Waals surface area contributed by atoms with E-state index >= 15 is 0 Å². The van der Waals surface area contributed by atoms with Crippen LogP contribution in [0.25, 0.3) is 11.3 Å². The average Bonchev–Trinajstić information content (AvgIpc) is 3.15. The minimum atomic E-state index is 0.732. The monoisotopic (exact) mass is 431 g/mol. The lowest BCUT2D eigenvalue weighted by atomic mass is 10.1. The van der Waals surface area contributed by atoms with Gasteiger partial charge in [0.05, 0.1) is 18.9 Å². The molecule has 1 N–H and O–H groups in total. The molecule has 0 aliphatic carbocycles. The molecule has 0 amide bonds. The van der Waals surface area contributed by atoms with Crippen molar-refractivity contribution in [1.82, 2.24) is 20.2 Å². The molecule has 1 aromatic carbocycles. The quantitative estimate of drug-likeness (QED) is 0.652. The standard InChI is InChI=1S/C24H29N7O/c1-2-4-12-30(11-3-1)23-10-9-21(28-29-23)19-5-7-20(8-6-19)27-22-17-24(26-18-25-22)31-13-15-32-16-14-31/h5-10,17-18H,1-4,11-16H2,(H,25,26,27). The highest BCUT2D eigenvalue weighted by molar-refractivity contribution is 5.66. The van der Waals surface area contributed by atoms with Gasteiger partial charge in [-0.05, 0) is 37.1 Å². The van der Waals surface area contributed by atoms with Crippen molar-refractivity contribution in [2.45, 2.75) is 25.7 Å². The van der Waals surface area contributed by atoms with Gasteiger partial charge in [0.1, 0.15) is 18.0 Å². The molecule has 0 radical (unpaired) electrons. The lowest BCUT2D eigenvalue weighted by Crippen LogP contribution is -2.36. The SMILES string of the molecule is c1nc(Nc2ccc(-c3ccc(N4CCCCCC4)nn3)cc2)cc(N2CCOCC2)n1. The summed E-state index contributed by atoms with van der Waals surface area (Å²) in [5, 5.41) is 12.3. The Balaban J connectivity index is 1.24. The van der Waals surface area contributed by atoms with E-state index in [9.17, 15) is 0 Å². The van der Waals surface area contributed by atoms with Crippen LogP contribution in [0.1, 0.15) is 25.7 Å². The third-order valence-corrected chi connectivity index (χ3v) is 6.02. The van der Waals surface area contributed by atoms with Crippen molar-refractivity contribution in [3.8, 4) is 11.3 Å². The molecule has 32 heavy (non-hydrogen) atoms. The van der Waals surface area contributed by atoms with Crippen molar-refractivity contribution in [2.24, 2.45) is 0 Å². The molecule has 166 valence electrons. The van der Waals surface area contributed by atoms with E-state index in [0.717, 1.165) is 73.8 Å². The molecule has 8 heteroatoms. The number of benzene rings is 1. The van der Waals surface area contributed by atoms with Crippen molar-refractivity contribution in [1.29, 1.82) is 0 Å². The first kappa shape index (κ1) is 20.6. The zero-order chi connectivity index (χ0) is 21.6. The van der Waals surface area contributed by atoms with Crippen molar-refractivity contribution in [3.63, 3.8) is 0 Å². The number of nitrogens with one attached hydrogen (secondary N) is 1. The Bertz CT molecular complexity index is 996. The van der Waals surface area contributed by atoms with E-state index in [1.54, 1.807) is 6.33 Å². The summed E-state index contributed by atoms with van der Waals surface area (Å²) in [6.45, 7) is 5.31. The van der Waals surface area contributed by atoms with Crippen molar-refractivity contribution >= 4 is 23.1 Å². The van der Waals surface area contributed by atoms with Gasteiger partial charge < -0.3 is 19.9 Å². The Morgan fingerprint density at radius 2 is 1.47 bits per heavy atom. The van der Waals surface area contributed by atoms with Crippen LogP contribution >= 0.6 is 0 Å². The molecule has 2 aliphatic heterocycles. The van der Waals surface area contributed by atoms with Crippen LogP contribution in [0.5, 0.6) is 0 Å². The van der Waals surface area contributed by atoms with Crippen LogP contribution in [0.3, 0.4) is 0 Å². The van der Waals surface area contributed by atoms with Crippen LogP contribution in [-0.2, 0) is 4.74 Å². The third-order valence-electron chi connectivity index (χ3n) is 6.02. The molecule has 2 saturated heterocycles. The van der Waals surface area contributed by atoms with Gasteiger partial charge in [-0.15, -0.1) is 10.2 Å². The zero-order valence-corrected chi connectivity index (χ0v) is 18.3. The first-order valence-corrected chi connectivity index (χ1v) is 11.5. The average molecular weight is 432 g/mol. The lowest BCUT2D eigenvalue weighted by molar-refractivity contribution is 0.122. The topological polar surface area (TPSA) is 79.3 Å². The van der Waals surface area contributed by atoms with Gasteiger partial charge in [-0.1, -0.05) is 25.0 Å². The highest BCUT2D eigenvalue weighted by atomic mass is 16.5. The largest absolute Gasteiger partial charge is 0.378 e. The molecule has 0 unspecified atom stereocenters. The van der Waals surface area contributed by atoms with Crippen LogP contribution in [-0.4, -0.2) is 59.6 Å². The van der Waals surface area contributed by atoms with Gasteiger partial charge >= 0.3 is 0 Å². The predicted molar refractivity (Wildman–Crippen MR) is 126 cm³/mol. The first-order chi connectivity index (χ1) is 15.8. The van der Waals surface area contributed by atoms with E-state index in [0.29, 0.717) is 0 Å². The molecule has 8 nitrogen and oxygen atoms in total. The molecular weight excluding hydrogens is 402 g/mol. The van der Waals surface area contributed by atoms with Gasteiger partial charge in [0.2, 0.25) is 0 Å². The van der Waals surface area contributed by atoms with E-state index in [1.807, 2.05) is 18.2 Å². The highest BCUT2D eigenvalue weighted by Gasteiger charge is 2.14. The fourth-order valence-corrected chi connectivity index (χ4v) is 4.20.